The molecular weight excluding hydrogens is 728 g/mol. The monoisotopic (exact) mass is 776 g/mol. The van der Waals surface area contributed by atoms with E-state index >= 15 is 0 Å². The molecule has 2 unspecified atom stereocenters. The lowest BCUT2D eigenvalue weighted by Gasteiger charge is -2.33. The number of anilines is 3. The van der Waals surface area contributed by atoms with Crippen molar-refractivity contribution in [2.24, 2.45) is 29.1 Å². The zero-order valence-electron chi connectivity index (χ0n) is 30.9. The van der Waals surface area contributed by atoms with E-state index in [4.69, 9.17) is 28.2 Å². The van der Waals surface area contributed by atoms with E-state index in [9.17, 15) is 27.9 Å². The van der Waals surface area contributed by atoms with Crippen LogP contribution < -0.4 is 20.9 Å². The predicted molar refractivity (Wildman–Crippen MR) is 202 cm³/mol. The van der Waals surface area contributed by atoms with Gasteiger partial charge in [-0.1, -0.05) is 50.0 Å². The minimum atomic E-state index is -4.18. The van der Waals surface area contributed by atoms with Crippen molar-refractivity contribution in [2.45, 2.75) is 103 Å². The van der Waals surface area contributed by atoms with Crippen molar-refractivity contribution in [3.8, 4) is 0 Å². The lowest BCUT2D eigenvalue weighted by Crippen LogP contribution is -2.41. The van der Waals surface area contributed by atoms with E-state index in [0.29, 0.717) is 82.4 Å². The standard InChI is InChI=1S/C39H49Cl2F3N6O3/c1-36(2,3)34(52)46-18-22-8-11-27(40)32(31(22)41)48-35-47-28-15-26(33(51)45-17-21-6-9-25(10-7-21)39(42,43)44)29(49-19-23-14-24(23)20-49)16-30(28)50(35)38(12-13-38)37(4,5)53/h8,11,15-16,21,23-25,53H,6-7,9-10,12-14,17-20H2,1-5H3,(H,45,51)(H,46,52)(H,47,48). The highest BCUT2D eigenvalue weighted by Crippen LogP contribution is 2.56. The van der Waals surface area contributed by atoms with E-state index in [1.807, 2.05) is 31.4 Å². The molecule has 9 nitrogen and oxygen atoms in total. The zero-order valence-corrected chi connectivity index (χ0v) is 32.4. The summed E-state index contributed by atoms with van der Waals surface area (Å²) in [5, 5.41) is 21.6. The predicted octanol–water partition coefficient (Wildman–Crippen LogP) is 8.56. The van der Waals surface area contributed by atoms with Crippen LogP contribution in [0.5, 0.6) is 0 Å². The minimum absolute atomic E-state index is 0.0206. The number of piperidine rings is 1. The molecule has 3 saturated carbocycles. The number of rotatable bonds is 10. The second kappa shape index (κ2) is 13.5. The molecule has 1 saturated heterocycles. The van der Waals surface area contributed by atoms with Gasteiger partial charge in [-0.2, -0.15) is 13.2 Å². The maximum absolute atomic E-state index is 14.0. The highest BCUT2D eigenvalue weighted by atomic mass is 35.5. The van der Waals surface area contributed by atoms with E-state index < -0.39 is 28.6 Å². The van der Waals surface area contributed by atoms with E-state index in [1.54, 1.807) is 32.0 Å². The minimum Gasteiger partial charge on any atom is -0.388 e. The second-order valence-corrected chi connectivity index (χ2v) is 18.1. The Balaban J connectivity index is 1.24. The van der Waals surface area contributed by atoms with Crippen molar-refractivity contribution in [3.63, 3.8) is 0 Å². The Labute approximate surface area is 318 Å². The number of aromatic nitrogens is 2. The van der Waals surface area contributed by atoms with E-state index in [0.717, 1.165) is 24.3 Å². The number of hydrogen-bond acceptors (Lipinski definition) is 6. The molecule has 53 heavy (non-hydrogen) atoms. The first-order valence-corrected chi connectivity index (χ1v) is 19.4. The molecule has 2 heterocycles. The molecule has 288 valence electrons. The van der Waals surface area contributed by atoms with E-state index in [2.05, 4.69) is 20.9 Å². The number of benzene rings is 2. The van der Waals surface area contributed by atoms with Gasteiger partial charge < -0.3 is 30.5 Å². The quantitative estimate of drug-likeness (QED) is 0.164. The summed E-state index contributed by atoms with van der Waals surface area (Å²) in [5.41, 5.74) is 1.14. The summed E-state index contributed by atoms with van der Waals surface area (Å²) < 4.78 is 41.8. The zero-order chi connectivity index (χ0) is 38.2. The van der Waals surface area contributed by atoms with Gasteiger partial charge in [0.1, 0.15) is 0 Å². The summed E-state index contributed by atoms with van der Waals surface area (Å²) in [7, 11) is 0. The van der Waals surface area contributed by atoms with Gasteiger partial charge in [0.2, 0.25) is 11.9 Å². The molecule has 3 aliphatic carbocycles. The van der Waals surface area contributed by atoms with Crippen LogP contribution in [0.4, 0.5) is 30.5 Å². The number of carbonyl (C=O) groups is 2. The smallest absolute Gasteiger partial charge is 0.388 e. The largest absolute Gasteiger partial charge is 0.391 e. The van der Waals surface area contributed by atoms with Crippen LogP contribution in [0, 0.1) is 29.1 Å². The molecule has 4 N–H and O–H groups in total. The highest BCUT2D eigenvalue weighted by molar-refractivity contribution is 6.39. The van der Waals surface area contributed by atoms with Crippen molar-refractivity contribution >= 4 is 63.4 Å². The first-order valence-electron chi connectivity index (χ1n) is 18.7. The highest BCUT2D eigenvalue weighted by Gasteiger charge is 2.57. The van der Waals surface area contributed by atoms with Gasteiger partial charge in [0.15, 0.2) is 0 Å². The molecule has 3 aromatic rings. The second-order valence-electron chi connectivity index (χ2n) is 17.3. The molecule has 1 aromatic heterocycles. The van der Waals surface area contributed by atoms with Gasteiger partial charge >= 0.3 is 6.18 Å². The van der Waals surface area contributed by atoms with Gasteiger partial charge in [0.25, 0.3) is 5.91 Å². The molecule has 4 fully saturated rings. The third-order valence-electron chi connectivity index (χ3n) is 12.0. The summed E-state index contributed by atoms with van der Waals surface area (Å²) >= 11 is 13.7. The number of alkyl halides is 3. The first-order chi connectivity index (χ1) is 24.8. The molecule has 2 amide bonds. The van der Waals surface area contributed by atoms with Gasteiger partial charge in [-0.25, -0.2) is 4.98 Å². The van der Waals surface area contributed by atoms with Crippen molar-refractivity contribution in [1.82, 2.24) is 20.2 Å². The number of aliphatic hydroxyl groups is 1. The molecule has 2 aromatic carbocycles. The van der Waals surface area contributed by atoms with Gasteiger partial charge in [-0.05, 0) is 100 Å². The van der Waals surface area contributed by atoms with Crippen LogP contribution in [0.3, 0.4) is 0 Å². The van der Waals surface area contributed by atoms with Gasteiger partial charge in [0.05, 0.1) is 55.1 Å². The molecule has 4 aliphatic rings. The third kappa shape index (κ3) is 7.44. The van der Waals surface area contributed by atoms with Gasteiger partial charge in [-0.3, -0.25) is 9.59 Å². The normalized spacial score (nSPS) is 23.9. The number of halogens is 5. The Morgan fingerprint density at radius 1 is 0.981 bits per heavy atom. The first kappa shape index (κ1) is 38.1. The fourth-order valence-corrected chi connectivity index (χ4v) is 8.85. The van der Waals surface area contributed by atoms with E-state index in [-0.39, 0.29) is 37.1 Å². The number of amides is 2. The Morgan fingerprint density at radius 3 is 2.23 bits per heavy atom. The lowest BCUT2D eigenvalue weighted by molar-refractivity contribution is -0.183. The van der Waals surface area contributed by atoms with Crippen LogP contribution in [-0.4, -0.2) is 57.9 Å². The van der Waals surface area contributed by atoms with Crippen LogP contribution in [0.25, 0.3) is 11.0 Å². The summed E-state index contributed by atoms with van der Waals surface area (Å²) in [6, 6.07) is 7.25. The van der Waals surface area contributed by atoms with E-state index in [1.165, 1.54) is 6.42 Å². The number of hydrogen-bond donors (Lipinski definition) is 4. The van der Waals surface area contributed by atoms with Crippen molar-refractivity contribution in [3.05, 3.63) is 45.4 Å². The van der Waals surface area contributed by atoms with Crippen LogP contribution >= 0.6 is 23.2 Å². The fourth-order valence-electron chi connectivity index (χ4n) is 8.32. The van der Waals surface area contributed by atoms with Gasteiger partial charge in [-0.15, -0.1) is 0 Å². The maximum Gasteiger partial charge on any atom is 0.391 e. The number of nitrogens with one attached hydrogen (secondary N) is 3. The van der Waals surface area contributed by atoms with Gasteiger partial charge in [0, 0.05) is 31.6 Å². The fraction of sp³-hybridized carbons (Fsp3) is 0.615. The molecule has 14 heteroatoms. The molecule has 7 rings (SSSR count). The van der Waals surface area contributed by atoms with Crippen LogP contribution in [0.1, 0.15) is 95.5 Å². The lowest BCUT2D eigenvalue weighted by atomic mass is 9.81. The number of nitrogens with zero attached hydrogens (tertiary/aromatic N) is 3. The summed E-state index contributed by atoms with van der Waals surface area (Å²) in [6.45, 7) is 11.2. The third-order valence-corrected chi connectivity index (χ3v) is 12.8. The molecule has 0 bridgehead atoms. The Bertz CT molecular complexity index is 1910. The SMILES string of the molecule is CC(C)(C)C(=O)NCc1ccc(Cl)c(Nc2nc3cc(C(=O)NCC4CCC(C(F)(F)F)CC4)c(N4CC5CC5C4)cc3n2C2(C(C)(C)O)CC2)c1Cl. The number of carbonyl (C=O) groups excluding carboxylic acids is 2. The molecule has 2 atom stereocenters. The van der Waals surface area contributed by atoms with Crippen LogP contribution in [0.2, 0.25) is 10.0 Å². The number of fused-ring (bicyclic) bond motifs is 2. The number of imidazole rings is 1. The van der Waals surface area contributed by atoms with Crippen LogP contribution in [0.15, 0.2) is 24.3 Å². The summed E-state index contributed by atoms with van der Waals surface area (Å²) in [4.78, 5) is 33.9. The Kier molecular flexibility index (Phi) is 9.71. The Hall–Kier alpha value is -3.22. The maximum atomic E-state index is 14.0. The van der Waals surface area contributed by atoms with Crippen molar-refractivity contribution in [2.75, 3.05) is 29.9 Å². The summed E-state index contributed by atoms with van der Waals surface area (Å²) in [5.74, 6) is -0.138. The summed E-state index contributed by atoms with van der Waals surface area (Å²) in [6.07, 6.45) is -0.626. The molecule has 1 aliphatic heterocycles. The average Bonchev–Trinajstić information content (AvgIpc) is 3.98. The average molecular weight is 778 g/mol. The Morgan fingerprint density at radius 2 is 1.64 bits per heavy atom. The molecule has 0 spiro atoms. The molecule has 0 radical (unpaired) electrons. The van der Waals surface area contributed by atoms with Crippen LogP contribution in [-0.2, 0) is 16.9 Å². The van der Waals surface area contributed by atoms with Crippen molar-refractivity contribution < 1.29 is 27.9 Å². The topological polar surface area (TPSA) is 112 Å². The molecular formula is C39H49Cl2F3N6O3. The van der Waals surface area contributed by atoms with Crippen molar-refractivity contribution in [1.29, 1.82) is 0 Å².